The molecule has 0 aliphatic carbocycles. The molecule has 0 spiro atoms. The Balaban J connectivity index is 1.69. The summed E-state index contributed by atoms with van der Waals surface area (Å²) in [4.78, 5) is 13.9. The summed E-state index contributed by atoms with van der Waals surface area (Å²) in [6.45, 7) is 4.25. The van der Waals surface area contributed by atoms with Crippen LogP contribution >= 0.6 is 0 Å². The average Bonchev–Trinajstić information content (AvgIpc) is 2.48. The van der Waals surface area contributed by atoms with E-state index in [4.69, 9.17) is 4.74 Å². The van der Waals surface area contributed by atoms with Crippen LogP contribution < -0.4 is 0 Å². The third kappa shape index (κ3) is 2.72. The molecule has 2 aliphatic rings. The Hall–Kier alpha value is -1.19. The minimum absolute atomic E-state index is 0.273. The van der Waals surface area contributed by atoms with Crippen molar-refractivity contribution in [3.8, 4) is 0 Å². The molecule has 3 rings (SSSR count). The molecule has 0 aromatic heterocycles. The number of hydrogen-bond acceptors (Lipinski definition) is 3. The molecule has 1 unspecified atom stereocenters. The predicted molar refractivity (Wildman–Crippen MR) is 74.0 cm³/mol. The lowest BCUT2D eigenvalue weighted by Gasteiger charge is -2.38. The number of nitrogens with zero attached hydrogens (tertiary/aromatic N) is 1. The first-order valence-corrected chi connectivity index (χ1v) is 7.15. The summed E-state index contributed by atoms with van der Waals surface area (Å²) in [6, 6.07) is 8.62. The van der Waals surface area contributed by atoms with Gasteiger partial charge in [0.25, 0.3) is 0 Å². The molecule has 0 saturated carbocycles. The monoisotopic (exact) mass is 259 g/mol. The van der Waals surface area contributed by atoms with Crippen LogP contribution in [0.25, 0.3) is 0 Å². The second kappa shape index (κ2) is 5.43. The lowest BCUT2D eigenvalue weighted by molar-refractivity contribution is -0.125. The van der Waals surface area contributed by atoms with E-state index in [0.29, 0.717) is 6.61 Å². The van der Waals surface area contributed by atoms with E-state index in [-0.39, 0.29) is 5.41 Å². The first-order valence-electron chi connectivity index (χ1n) is 7.15. The van der Waals surface area contributed by atoms with Gasteiger partial charge in [-0.15, -0.1) is 0 Å². The number of carbonyl (C=O) groups excluding carboxylic acids is 1. The predicted octanol–water partition coefficient (Wildman–Crippen LogP) is 2.04. The normalized spacial score (nSPS) is 27.8. The Labute approximate surface area is 114 Å². The topological polar surface area (TPSA) is 29.5 Å². The number of ether oxygens (including phenoxy) is 1. The highest BCUT2D eigenvalue weighted by atomic mass is 16.5. The molecule has 102 valence electrons. The number of hydrogen-bond donors (Lipinski definition) is 0. The van der Waals surface area contributed by atoms with Gasteiger partial charge in [-0.1, -0.05) is 24.3 Å². The minimum atomic E-state index is -0.273. The van der Waals surface area contributed by atoms with Crippen molar-refractivity contribution in [1.29, 1.82) is 0 Å². The third-order valence-corrected chi connectivity index (χ3v) is 4.35. The van der Waals surface area contributed by atoms with Crippen molar-refractivity contribution < 1.29 is 9.53 Å². The molecule has 2 heterocycles. The summed E-state index contributed by atoms with van der Waals surface area (Å²) in [6.07, 6.45) is 4.19. The highest BCUT2D eigenvalue weighted by Crippen LogP contribution is 2.29. The highest BCUT2D eigenvalue weighted by molar-refractivity contribution is 5.60. The van der Waals surface area contributed by atoms with Crippen molar-refractivity contribution in [3.63, 3.8) is 0 Å². The molecule has 1 fully saturated rings. The second-order valence-electron chi connectivity index (χ2n) is 5.87. The Morgan fingerprint density at radius 3 is 2.89 bits per heavy atom. The summed E-state index contributed by atoms with van der Waals surface area (Å²) in [5, 5.41) is 0. The largest absolute Gasteiger partial charge is 0.380 e. The van der Waals surface area contributed by atoms with Crippen LogP contribution in [-0.2, 0) is 22.5 Å². The van der Waals surface area contributed by atoms with Gasteiger partial charge in [0.05, 0.1) is 12.0 Å². The van der Waals surface area contributed by atoms with Gasteiger partial charge in [0.15, 0.2) is 0 Å². The molecule has 1 saturated heterocycles. The highest BCUT2D eigenvalue weighted by Gasteiger charge is 2.35. The van der Waals surface area contributed by atoms with Crippen LogP contribution in [0.15, 0.2) is 24.3 Å². The van der Waals surface area contributed by atoms with Crippen LogP contribution in [0.3, 0.4) is 0 Å². The maximum atomic E-state index is 11.5. The first-order chi connectivity index (χ1) is 9.31. The summed E-state index contributed by atoms with van der Waals surface area (Å²) >= 11 is 0. The number of rotatable bonds is 3. The summed E-state index contributed by atoms with van der Waals surface area (Å²) in [5.74, 6) is 0. The van der Waals surface area contributed by atoms with Crippen molar-refractivity contribution in [2.24, 2.45) is 5.41 Å². The fraction of sp³-hybridized carbons (Fsp3) is 0.562. The van der Waals surface area contributed by atoms with Gasteiger partial charge in [-0.2, -0.15) is 0 Å². The number of aldehydes is 1. The molecule has 19 heavy (non-hydrogen) atoms. The van der Waals surface area contributed by atoms with Gasteiger partial charge in [-0.25, -0.2) is 0 Å². The van der Waals surface area contributed by atoms with Gasteiger partial charge in [-0.05, 0) is 30.4 Å². The molecule has 2 aliphatic heterocycles. The van der Waals surface area contributed by atoms with E-state index >= 15 is 0 Å². The molecule has 1 aromatic rings. The van der Waals surface area contributed by atoms with E-state index in [9.17, 15) is 4.79 Å². The Morgan fingerprint density at radius 2 is 2.16 bits per heavy atom. The fourth-order valence-electron chi connectivity index (χ4n) is 3.26. The molecule has 3 heteroatoms. The van der Waals surface area contributed by atoms with E-state index in [1.165, 1.54) is 11.1 Å². The summed E-state index contributed by atoms with van der Waals surface area (Å²) < 4.78 is 5.53. The van der Waals surface area contributed by atoms with E-state index < -0.39 is 0 Å². The van der Waals surface area contributed by atoms with Crippen molar-refractivity contribution >= 4 is 6.29 Å². The number of benzene rings is 1. The van der Waals surface area contributed by atoms with Crippen molar-refractivity contribution in [2.75, 3.05) is 26.3 Å². The molecule has 1 atom stereocenters. The lowest BCUT2D eigenvalue weighted by atomic mass is 9.83. The third-order valence-electron chi connectivity index (χ3n) is 4.35. The molecular weight excluding hydrogens is 238 g/mol. The minimum Gasteiger partial charge on any atom is -0.380 e. The van der Waals surface area contributed by atoms with Crippen molar-refractivity contribution in [3.05, 3.63) is 35.4 Å². The summed E-state index contributed by atoms with van der Waals surface area (Å²) in [5.41, 5.74) is 2.59. The molecule has 1 aromatic carbocycles. The van der Waals surface area contributed by atoms with Crippen molar-refractivity contribution in [2.45, 2.75) is 25.8 Å². The molecule has 0 bridgehead atoms. The van der Waals surface area contributed by atoms with Crippen molar-refractivity contribution in [1.82, 2.24) is 4.90 Å². The summed E-state index contributed by atoms with van der Waals surface area (Å²) in [7, 11) is 0. The lowest BCUT2D eigenvalue weighted by Crippen LogP contribution is -2.45. The van der Waals surface area contributed by atoms with E-state index in [1.807, 2.05) is 0 Å². The van der Waals surface area contributed by atoms with Gasteiger partial charge in [0.1, 0.15) is 6.29 Å². The van der Waals surface area contributed by atoms with Crippen LogP contribution in [0, 0.1) is 5.41 Å². The van der Waals surface area contributed by atoms with E-state index in [1.54, 1.807) is 0 Å². The Bertz CT molecular complexity index is 452. The SMILES string of the molecule is O=CC1(CN2CCc3ccccc3C2)CCCOC1. The maximum Gasteiger partial charge on any atom is 0.129 e. The van der Waals surface area contributed by atoms with Gasteiger partial charge in [0, 0.05) is 26.2 Å². The smallest absolute Gasteiger partial charge is 0.129 e. The van der Waals surface area contributed by atoms with Gasteiger partial charge < -0.3 is 9.53 Å². The quantitative estimate of drug-likeness (QED) is 0.778. The standard InChI is InChI=1S/C16H21NO2/c18-12-16(7-3-9-19-13-16)11-17-8-6-14-4-1-2-5-15(14)10-17/h1-2,4-5,12H,3,6-11,13H2. The zero-order chi connectivity index (χ0) is 13.1. The average molecular weight is 259 g/mol. The van der Waals surface area contributed by atoms with E-state index in [0.717, 1.165) is 51.8 Å². The maximum absolute atomic E-state index is 11.5. The van der Waals surface area contributed by atoms with Crippen LogP contribution in [0.5, 0.6) is 0 Å². The Morgan fingerprint density at radius 1 is 1.32 bits per heavy atom. The zero-order valence-electron chi connectivity index (χ0n) is 11.3. The molecule has 0 radical (unpaired) electrons. The zero-order valence-corrected chi connectivity index (χ0v) is 11.3. The second-order valence-corrected chi connectivity index (χ2v) is 5.87. The van der Waals surface area contributed by atoms with Crippen LogP contribution in [0.1, 0.15) is 24.0 Å². The Kier molecular flexibility index (Phi) is 3.67. The first kappa shape index (κ1) is 12.8. The number of carbonyl (C=O) groups is 1. The van der Waals surface area contributed by atoms with Crippen LogP contribution in [0.4, 0.5) is 0 Å². The molecule has 3 nitrogen and oxygen atoms in total. The van der Waals surface area contributed by atoms with Crippen LogP contribution in [0.2, 0.25) is 0 Å². The molecular formula is C16H21NO2. The molecule has 0 N–H and O–H groups in total. The number of fused-ring (bicyclic) bond motifs is 1. The van der Waals surface area contributed by atoms with Gasteiger partial charge >= 0.3 is 0 Å². The van der Waals surface area contributed by atoms with Gasteiger partial charge in [0.2, 0.25) is 0 Å². The molecule has 0 amide bonds. The van der Waals surface area contributed by atoms with E-state index in [2.05, 4.69) is 29.2 Å². The van der Waals surface area contributed by atoms with Gasteiger partial charge in [-0.3, -0.25) is 4.90 Å². The fourth-order valence-corrected chi connectivity index (χ4v) is 3.26. The van der Waals surface area contributed by atoms with Crippen LogP contribution in [-0.4, -0.2) is 37.5 Å².